The van der Waals surface area contributed by atoms with Gasteiger partial charge in [-0.15, -0.1) is 0 Å². The molecule has 0 amide bonds. The first-order valence-electron chi connectivity index (χ1n) is 17.5. The van der Waals surface area contributed by atoms with E-state index in [4.69, 9.17) is 7.15 Å². The number of fused-ring (bicyclic) bond motifs is 16. The molecule has 0 aromatic heterocycles. The number of hydrogen-bond acceptors (Lipinski definition) is 2. The molecule has 1 aliphatic carbocycles. The van der Waals surface area contributed by atoms with Gasteiger partial charge in [0, 0.05) is 5.56 Å². The maximum atomic E-state index is 8.16. The molecular weight excluding hydrogens is 605 g/mol. The van der Waals surface area contributed by atoms with E-state index in [9.17, 15) is 0 Å². The average Bonchev–Trinajstić information content (AvgIpc) is 3.20. The monoisotopic (exact) mass is 639 g/mol. The summed E-state index contributed by atoms with van der Waals surface area (Å²) in [5.74, 6) is 0. The van der Waals surface area contributed by atoms with E-state index in [0.29, 0.717) is 11.4 Å². The van der Waals surface area contributed by atoms with Gasteiger partial charge in [0.15, 0.2) is 1.41 Å². The first-order valence-corrected chi connectivity index (χ1v) is 17.0. The van der Waals surface area contributed by atoms with E-state index >= 15 is 0 Å². The second kappa shape index (κ2) is 12.1. The molecule has 0 radical (unpaired) electrons. The van der Waals surface area contributed by atoms with Crippen molar-refractivity contribution in [1.82, 2.24) is 0 Å². The smallest absolute Gasteiger partial charge is 0.156 e. The Balaban J connectivity index is 1.49. The highest BCUT2D eigenvalue weighted by Gasteiger charge is 2.24. The van der Waals surface area contributed by atoms with E-state index in [1.165, 1.54) is 27.8 Å². The fraction of sp³-hybridized carbons (Fsp3) is 0. The van der Waals surface area contributed by atoms with Crippen LogP contribution in [0.4, 0.5) is 11.4 Å². The Morgan fingerprint density at radius 2 is 0.480 bits per heavy atom. The quantitative estimate of drug-likeness (QED) is 0.176. The topological polar surface area (TPSA) is 52.0 Å². The molecule has 0 saturated heterocycles. The molecule has 4 N–H and O–H groups in total. The van der Waals surface area contributed by atoms with Gasteiger partial charge in [-0.05, 0) is 89.5 Å². The van der Waals surface area contributed by atoms with Gasteiger partial charge in [0.05, 0.1) is 11.4 Å². The molecule has 0 bridgehead atoms. The molecule has 0 aliphatic heterocycles. The van der Waals surface area contributed by atoms with Crippen molar-refractivity contribution in [2.75, 3.05) is 11.5 Å². The van der Waals surface area contributed by atoms with Crippen LogP contribution in [0.25, 0.3) is 89.0 Å². The molecule has 2 nitrogen and oxygen atoms in total. The predicted octanol–water partition coefficient (Wildman–Crippen LogP) is 12.5. The minimum atomic E-state index is 0.538. The van der Waals surface area contributed by atoms with Crippen LogP contribution in [0.15, 0.2) is 182 Å². The van der Waals surface area contributed by atoms with Gasteiger partial charge in [0.1, 0.15) is 0 Å². The van der Waals surface area contributed by atoms with E-state index in [1.807, 2.05) is 6.07 Å². The van der Waals surface area contributed by atoms with Crippen LogP contribution >= 0.6 is 0 Å². The molecule has 0 saturated carbocycles. The molecule has 9 rings (SSSR count). The van der Waals surface area contributed by atoms with Gasteiger partial charge >= 0.3 is 0 Å². The minimum Gasteiger partial charge on any atom is -0.397 e. The average molecular weight is 640 g/mol. The molecule has 1 aliphatic rings. The van der Waals surface area contributed by atoms with Gasteiger partial charge in [0.25, 0.3) is 0 Å². The summed E-state index contributed by atoms with van der Waals surface area (Å²) in [7, 11) is 0. The van der Waals surface area contributed by atoms with E-state index in [0.717, 1.165) is 61.2 Å². The molecule has 8 aromatic carbocycles. The Morgan fingerprint density at radius 1 is 0.260 bits per heavy atom. The zero-order valence-corrected chi connectivity index (χ0v) is 27.4. The SMILES string of the molecule is [2H]Nc1ccc2c(c1N)-c1ccccc1-c1ccccc1-c1ccccc1-c1ccccc1-c1ccccc1-c1ccccc1-c1ccccc1-2. The summed E-state index contributed by atoms with van der Waals surface area (Å²) in [4.78, 5) is 0. The molecule has 50 heavy (non-hydrogen) atoms. The predicted molar refractivity (Wildman–Crippen MR) is 212 cm³/mol. The van der Waals surface area contributed by atoms with Gasteiger partial charge < -0.3 is 11.5 Å². The molecule has 0 heterocycles. The van der Waals surface area contributed by atoms with Crippen LogP contribution in [-0.2, 0) is 0 Å². The van der Waals surface area contributed by atoms with Gasteiger partial charge in [-0.1, -0.05) is 176 Å². The van der Waals surface area contributed by atoms with Crippen LogP contribution in [-0.4, -0.2) is 0 Å². The van der Waals surface area contributed by atoms with Crippen molar-refractivity contribution in [2.45, 2.75) is 0 Å². The second-order valence-corrected chi connectivity index (χ2v) is 12.8. The van der Waals surface area contributed by atoms with Crippen molar-refractivity contribution in [3.63, 3.8) is 0 Å². The van der Waals surface area contributed by atoms with Crippen LogP contribution < -0.4 is 11.5 Å². The van der Waals surface area contributed by atoms with E-state index < -0.39 is 0 Å². The number of rotatable bonds is 1. The number of hydrogen-bond donors (Lipinski definition) is 2. The van der Waals surface area contributed by atoms with Gasteiger partial charge in [-0.3, -0.25) is 0 Å². The number of nitrogens with two attached hydrogens (primary N) is 2. The van der Waals surface area contributed by atoms with Crippen LogP contribution in [0.1, 0.15) is 0 Å². The van der Waals surface area contributed by atoms with Crippen molar-refractivity contribution in [1.29, 1.82) is 0 Å². The summed E-state index contributed by atoms with van der Waals surface area (Å²) in [5, 5.41) is 0. The molecular formula is C48H34N2. The molecule has 0 atom stereocenters. The number of anilines is 2. The highest BCUT2D eigenvalue weighted by molar-refractivity contribution is 6.07. The van der Waals surface area contributed by atoms with Crippen LogP contribution in [0, 0.1) is 0 Å². The summed E-state index contributed by atoms with van der Waals surface area (Å²) in [5.41, 5.74) is 28.5. The lowest BCUT2D eigenvalue weighted by Crippen LogP contribution is -2.01. The Hall–Kier alpha value is -6.64. The third-order valence-electron chi connectivity index (χ3n) is 10.0. The highest BCUT2D eigenvalue weighted by Crippen LogP contribution is 2.50. The van der Waals surface area contributed by atoms with Gasteiger partial charge in [0.2, 0.25) is 0 Å². The lowest BCUT2D eigenvalue weighted by molar-refractivity contribution is 1.52. The maximum Gasteiger partial charge on any atom is 0.156 e. The lowest BCUT2D eigenvalue weighted by Gasteiger charge is -2.23. The fourth-order valence-corrected chi connectivity index (χ4v) is 7.79. The summed E-state index contributed by atoms with van der Waals surface area (Å²) in [6.07, 6.45) is 0. The highest BCUT2D eigenvalue weighted by atomic mass is 14.7. The molecule has 0 spiro atoms. The van der Waals surface area contributed by atoms with Crippen LogP contribution in [0.5, 0.6) is 0 Å². The van der Waals surface area contributed by atoms with Crippen molar-refractivity contribution in [3.8, 4) is 89.0 Å². The van der Waals surface area contributed by atoms with Crippen LogP contribution in [0.2, 0.25) is 1.41 Å². The van der Waals surface area contributed by atoms with Crippen molar-refractivity contribution in [3.05, 3.63) is 182 Å². The summed E-state index contributed by atoms with van der Waals surface area (Å²) >= 11 is 0. The second-order valence-electron chi connectivity index (χ2n) is 12.8. The van der Waals surface area contributed by atoms with Crippen molar-refractivity contribution >= 4 is 11.4 Å². The Morgan fingerprint density at radius 3 is 0.740 bits per heavy atom. The first kappa shape index (κ1) is 28.4. The first-order chi connectivity index (χ1) is 25.2. The third kappa shape index (κ3) is 4.73. The van der Waals surface area contributed by atoms with E-state index in [2.05, 4.69) is 182 Å². The Kier molecular flexibility index (Phi) is 6.87. The van der Waals surface area contributed by atoms with Crippen molar-refractivity contribution in [2.24, 2.45) is 0 Å². The number of nitrogen functional groups attached to an aromatic ring is 2. The number of benzene rings is 8. The molecule has 0 unspecified atom stereocenters. The molecule has 2 heteroatoms. The Bertz CT molecular complexity index is 2580. The van der Waals surface area contributed by atoms with E-state index in [1.54, 1.807) is 0 Å². The Labute approximate surface area is 294 Å². The van der Waals surface area contributed by atoms with Crippen LogP contribution in [0.3, 0.4) is 0 Å². The van der Waals surface area contributed by atoms with Gasteiger partial charge in [-0.25, -0.2) is 0 Å². The zero-order chi connectivity index (χ0) is 34.3. The molecule has 8 aromatic rings. The third-order valence-corrected chi connectivity index (χ3v) is 10.0. The zero-order valence-electron chi connectivity index (χ0n) is 28.4. The summed E-state index contributed by atoms with van der Waals surface area (Å²) in [6, 6.07) is 64.8. The van der Waals surface area contributed by atoms with Gasteiger partial charge in [-0.2, -0.15) is 0 Å². The lowest BCUT2D eigenvalue weighted by atomic mass is 9.80. The van der Waals surface area contributed by atoms with E-state index in [-0.39, 0.29) is 0 Å². The minimum absolute atomic E-state index is 0.538. The maximum absolute atomic E-state index is 8.16. The summed E-state index contributed by atoms with van der Waals surface area (Å²) < 4.78 is 8.16. The van der Waals surface area contributed by atoms with Crippen molar-refractivity contribution < 1.29 is 1.41 Å². The molecule has 0 fully saturated rings. The largest absolute Gasteiger partial charge is 0.397 e. The normalized spacial score (nSPS) is 11.6. The molecule has 236 valence electrons. The standard InChI is InChI=1S/C48H34N2/c49-46-30-29-45-43-27-12-11-25-41(43)39-23-8-7-21-37(39)35-19-4-3-17-33(35)31-15-1-2-16-32(31)34-18-5-6-20-36(34)38-22-9-10-24-40(38)42-26-13-14-28-44(42)47(45)48(46)50/h1-30H,49-50H2/i/hD. The summed E-state index contributed by atoms with van der Waals surface area (Å²) in [6.45, 7) is 0. The fourth-order valence-electron chi connectivity index (χ4n) is 7.79.